The second kappa shape index (κ2) is 7.40. The topological polar surface area (TPSA) is 38.3 Å². The third-order valence-corrected chi connectivity index (χ3v) is 3.82. The molecular weight excluding hydrogens is 349 g/mol. The number of rotatable bonds is 5. The molecule has 0 aromatic heterocycles. The van der Waals surface area contributed by atoms with E-state index in [2.05, 4.69) is 28.2 Å². The SMILES string of the molecule is CCc1ccc(NC(=O)[C@H](C)Oc2ccc(F)cc2Br)cc1. The summed E-state index contributed by atoms with van der Waals surface area (Å²) in [6.45, 7) is 3.72. The molecule has 0 fully saturated rings. The molecule has 0 bridgehead atoms. The Hall–Kier alpha value is -1.88. The largest absolute Gasteiger partial charge is 0.480 e. The van der Waals surface area contributed by atoms with Gasteiger partial charge in [-0.2, -0.15) is 0 Å². The highest BCUT2D eigenvalue weighted by Gasteiger charge is 2.16. The van der Waals surface area contributed by atoms with Crippen LogP contribution < -0.4 is 10.1 Å². The van der Waals surface area contributed by atoms with Crippen molar-refractivity contribution in [2.24, 2.45) is 0 Å². The highest BCUT2D eigenvalue weighted by molar-refractivity contribution is 9.10. The number of hydrogen-bond donors (Lipinski definition) is 1. The molecule has 0 aliphatic heterocycles. The summed E-state index contributed by atoms with van der Waals surface area (Å²) < 4.78 is 19.1. The van der Waals surface area contributed by atoms with Crippen LogP contribution in [0.25, 0.3) is 0 Å². The van der Waals surface area contributed by atoms with Crippen molar-refractivity contribution in [2.45, 2.75) is 26.4 Å². The number of carbonyl (C=O) groups is 1. The highest BCUT2D eigenvalue weighted by atomic mass is 79.9. The van der Waals surface area contributed by atoms with Gasteiger partial charge in [-0.1, -0.05) is 19.1 Å². The predicted octanol–water partition coefficient (Wildman–Crippen LogP) is 4.56. The van der Waals surface area contributed by atoms with Gasteiger partial charge in [0.05, 0.1) is 4.47 Å². The van der Waals surface area contributed by atoms with Crippen LogP contribution in [0.15, 0.2) is 46.9 Å². The molecule has 3 nitrogen and oxygen atoms in total. The second-order valence-corrected chi connectivity index (χ2v) is 5.73. The first-order chi connectivity index (χ1) is 10.5. The van der Waals surface area contributed by atoms with E-state index < -0.39 is 6.10 Å². The van der Waals surface area contributed by atoms with Crippen LogP contribution in [0, 0.1) is 5.82 Å². The summed E-state index contributed by atoms with van der Waals surface area (Å²) in [5.41, 5.74) is 1.92. The lowest BCUT2D eigenvalue weighted by Crippen LogP contribution is -2.30. The van der Waals surface area contributed by atoms with Crippen LogP contribution in [0.5, 0.6) is 5.75 Å². The van der Waals surface area contributed by atoms with E-state index in [-0.39, 0.29) is 11.7 Å². The predicted molar refractivity (Wildman–Crippen MR) is 88.6 cm³/mol. The Kier molecular flexibility index (Phi) is 5.55. The fourth-order valence-electron chi connectivity index (χ4n) is 1.88. The van der Waals surface area contributed by atoms with E-state index in [1.165, 1.54) is 23.8 Å². The summed E-state index contributed by atoms with van der Waals surface area (Å²) in [4.78, 5) is 12.1. The van der Waals surface area contributed by atoms with Gasteiger partial charge in [-0.05, 0) is 65.2 Å². The van der Waals surface area contributed by atoms with Gasteiger partial charge < -0.3 is 10.1 Å². The number of amides is 1. The Bertz CT molecular complexity index is 658. The lowest BCUT2D eigenvalue weighted by atomic mass is 10.1. The lowest BCUT2D eigenvalue weighted by Gasteiger charge is -2.16. The summed E-state index contributed by atoms with van der Waals surface area (Å²) >= 11 is 3.21. The molecule has 2 aromatic carbocycles. The molecule has 0 aliphatic carbocycles. The van der Waals surface area contributed by atoms with Crippen molar-refractivity contribution in [1.29, 1.82) is 0 Å². The summed E-state index contributed by atoms with van der Waals surface area (Å²) in [6.07, 6.45) is 0.249. The van der Waals surface area contributed by atoms with E-state index in [0.717, 1.165) is 12.1 Å². The molecule has 0 saturated carbocycles. The molecule has 1 N–H and O–H groups in total. The van der Waals surface area contributed by atoms with Crippen molar-refractivity contribution in [3.05, 3.63) is 58.3 Å². The zero-order valence-corrected chi connectivity index (χ0v) is 14.0. The smallest absolute Gasteiger partial charge is 0.265 e. The van der Waals surface area contributed by atoms with Crippen molar-refractivity contribution in [2.75, 3.05) is 5.32 Å². The number of benzene rings is 2. The molecule has 0 heterocycles. The Morgan fingerprint density at radius 3 is 2.55 bits per heavy atom. The van der Waals surface area contributed by atoms with E-state index in [1.807, 2.05) is 24.3 Å². The Morgan fingerprint density at radius 2 is 1.95 bits per heavy atom. The third-order valence-electron chi connectivity index (χ3n) is 3.20. The minimum atomic E-state index is -0.701. The van der Waals surface area contributed by atoms with E-state index in [4.69, 9.17) is 4.74 Å². The van der Waals surface area contributed by atoms with Crippen LogP contribution in [0.1, 0.15) is 19.4 Å². The number of halogens is 2. The maximum atomic E-state index is 13.0. The Morgan fingerprint density at radius 1 is 1.27 bits per heavy atom. The standard InChI is InChI=1S/C17H17BrFNO2/c1-3-12-4-7-14(8-5-12)20-17(21)11(2)22-16-9-6-13(19)10-15(16)18/h4-11H,3H2,1-2H3,(H,20,21)/t11-/m0/s1. The zero-order valence-electron chi connectivity index (χ0n) is 12.4. The molecule has 5 heteroatoms. The van der Waals surface area contributed by atoms with Gasteiger partial charge in [-0.3, -0.25) is 4.79 Å². The summed E-state index contributed by atoms with van der Waals surface area (Å²) in [5, 5.41) is 2.79. The van der Waals surface area contributed by atoms with E-state index in [1.54, 1.807) is 6.92 Å². The van der Waals surface area contributed by atoms with Crippen LogP contribution in [0.2, 0.25) is 0 Å². The van der Waals surface area contributed by atoms with Gasteiger partial charge in [-0.15, -0.1) is 0 Å². The van der Waals surface area contributed by atoms with E-state index in [9.17, 15) is 9.18 Å². The summed E-state index contributed by atoms with van der Waals surface area (Å²) in [5.74, 6) is -0.210. The Labute approximate surface area is 137 Å². The zero-order chi connectivity index (χ0) is 16.1. The average molecular weight is 366 g/mol. The number of nitrogens with one attached hydrogen (secondary N) is 1. The molecule has 0 spiro atoms. The highest BCUT2D eigenvalue weighted by Crippen LogP contribution is 2.26. The normalized spacial score (nSPS) is 11.8. The first kappa shape index (κ1) is 16.5. The van der Waals surface area contributed by atoms with Crippen LogP contribution in [0.4, 0.5) is 10.1 Å². The number of anilines is 1. The van der Waals surface area contributed by atoms with Gasteiger partial charge in [0, 0.05) is 5.69 Å². The van der Waals surface area contributed by atoms with Gasteiger partial charge in [0.1, 0.15) is 11.6 Å². The van der Waals surface area contributed by atoms with Gasteiger partial charge in [0.25, 0.3) is 5.91 Å². The first-order valence-corrected chi connectivity index (χ1v) is 7.80. The number of ether oxygens (including phenoxy) is 1. The second-order valence-electron chi connectivity index (χ2n) is 4.87. The first-order valence-electron chi connectivity index (χ1n) is 7.01. The molecule has 0 radical (unpaired) electrons. The Balaban J connectivity index is 1.99. The molecule has 1 atom stereocenters. The third kappa shape index (κ3) is 4.31. The molecule has 0 unspecified atom stereocenters. The van der Waals surface area contributed by atoms with Gasteiger partial charge in [0.15, 0.2) is 6.10 Å². The fraction of sp³-hybridized carbons (Fsp3) is 0.235. The maximum absolute atomic E-state index is 13.0. The van der Waals surface area contributed by atoms with Gasteiger partial charge in [0.2, 0.25) is 0 Å². The molecular formula is C17H17BrFNO2. The summed E-state index contributed by atoms with van der Waals surface area (Å²) in [7, 11) is 0. The van der Waals surface area contributed by atoms with E-state index in [0.29, 0.717) is 10.2 Å². The monoisotopic (exact) mass is 365 g/mol. The van der Waals surface area contributed by atoms with Crippen LogP contribution in [-0.2, 0) is 11.2 Å². The molecule has 0 saturated heterocycles. The van der Waals surface area contributed by atoms with Gasteiger partial charge in [-0.25, -0.2) is 4.39 Å². The van der Waals surface area contributed by atoms with Crippen LogP contribution in [0.3, 0.4) is 0 Å². The van der Waals surface area contributed by atoms with Crippen LogP contribution in [-0.4, -0.2) is 12.0 Å². The van der Waals surface area contributed by atoms with Crippen molar-refractivity contribution in [3.63, 3.8) is 0 Å². The molecule has 22 heavy (non-hydrogen) atoms. The quantitative estimate of drug-likeness (QED) is 0.843. The molecule has 2 rings (SSSR count). The molecule has 0 aliphatic rings. The lowest BCUT2D eigenvalue weighted by molar-refractivity contribution is -0.122. The van der Waals surface area contributed by atoms with Gasteiger partial charge >= 0.3 is 0 Å². The number of aryl methyl sites for hydroxylation is 1. The minimum Gasteiger partial charge on any atom is -0.480 e. The van der Waals surface area contributed by atoms with Crippen molar-refractivity contribution in [3.8, 4) is 5.75 Å². The fourth-order valence-corrected chi connectivity index (χ4v) is 2.33. The van der Waals surface area contributed by atoms with Crippen molar-refractivity contribution >= 4 is 27.5 Å². The van der Waals surface area contributed by atoms with Crippen LogP contribution >= 0.6 is 15.9 Å². The van der Waals surface area contributed by atoms with Crippen molar-refractivity contribution in [1.82, 2.24) is 0 Å². The summed E-state index contributed by atoms with van der Waals surface area (Å²) in [6, 6.07) is 11.7. The molecule has 1 amide bonds. The molecule has 116 valence electrons. The minimum absolute atomic E-state index is 0.263. The maximum Gasteiger partial charge on any atom is 0.265 e. The van der Waals surface area contributed by atoms with Crippen molar-refractivity contribution < 1.29 is 13.9 Å². The van der Waals surface area contributed by atoms with E-state index >= 15 is 0 Å². The molecule has 2 aromatic rings. The average Bonchev–Trinajstić information content (AvgIpc) is 2.50. The number of carbonyl (C=O) groups excluding carboxylic acids is 1. The number of hydrogen-bond acceptors (Lipinski definition) is 2.